The Morgan fingerprint density at radius 3 is 3.12 bits per heavy atom. The van der Waals surface area contributed by atoms with E-state index in [4.69, 9.17) is 15.2 Å². The Labute approximate surface area is 95.1 Å². The summed E-state index contributed by atoms with van der Waals surface area (Å²) in [4.78, 5) is 4.00. The second-order valence-electron chi connectivity index (χ2n) is 3.69. The van der Waals surface area contributed by atoms with E-state index in [0.29, 0.717) is 5.75 Å². The van der Waals surface area contributed by atoms with E-state index in [1.807, 2.05) is 12.1 Å². The van der Waals surface area contributed by atoms with Crippen molar-refractivity contribution >= 4 is 0 Å². The largest absolute Gasteiger partial charge is 0.496 e. The lowest BCUT2D eigenvalue weighted by atomic mass is 10.0. The van der Waals surface area contributed by atoms with Crippen molar-refractivity contribution in [2.24, 2.45) is 5.73 Å². The molecule has 1 aromatic rings. The fraction of sp³-hybridized carbons (Fsp3) is 0.417. The van der Waals surface area contributed by atoms with Crippen molar-refractivity contribution in [3.8, 4) is 5.75 Å². The van der Waals surface area contributed by atoms with Crippen LogP contribution in [0.5, 0.6) is 5.75 Å². The quantitative estimate of drug-likeness (QED) is 0.843. The Bertz CT molecular complexity index is 390. The lowest BCUT2D eigenvalue weighted by Crippen LogP contribution is -2.18. The second kappa shape index (κ2) is 4.99. The number of aromatic nitrogens is 1. The van der Waals surface area contributed by atoms with Crippen molar-refractivity contribution in [1.82, 2.24) is 4.98 Å². The number of ether oxygens (including phenoxy) is 2. The molecule has 0 amide bonds. The smallest absolute Gasteiger partial charge is 0.142 e. The molecule has 1 aliphatic rings. The van der Waals surface area contributed by atoms with Gasteiger partial charge in [0.1, 0.15) is 11.5 Å². The molecule has 2 N–H and O–H groups in total. The molecular formula is C12H16N2O2. The Kier molecular flexibility index (Phi) is 3.41. The normalized spacial score (nSPS) is 17.2. The van der Waals surface area contributed by atoms with Gasteiger partial charge in [-0.15, -0.1) is 0 Å². The maximum absolute atomic E-state index is 6.15. The number of nitrogens with two attached hydrogens (primary N) is 1. The van der Waals surface area contributed by atoms with Crippen LogP contribution in [0, 0.1) is 0 Å². The van der Waals surface area contributed by atoms with E-state index >= 15 is 0 Å². The third-order valence-electron chi connectivity index (χ3n) is 2.64. The fourth-order valence-corrected chi connectivity index (χ4v) is 1.76. The maximum Gasteiger partial charge on any atom is 0.142 e. The Hall–Kier alpha value is -1.55. The zero-order valence-corrected chi connectivity index (χ0v) is 9.35. The van der Waals surface area contributed by atoms with Gasteiger partial charge >= 0.3 is 0 Å². The number of hydrogen-bond acceptors (Lipinski definition) is 4. The summed E-state index contributed by atoms with van der Waals surface area (Å²) in [5.41, 5.74) is 7.05. The van der Waals surface area contributed by atoms with E-state index in [1.165, 1.54) is 0 Å². The third kappa shape index (κ3) is 2.17. The second-order valence-corrected chi connectivity index (χ2v) is 3.69. The highest BCUT2D eigenvalue weighted by atomic mass is 16.5. The average Bonchev–Trinajstić information content (AvgIpc) is 2.39. The summed E-state index contributed by atoms with van der Waals surface area (Å²) in [7, 11) is 1.61. The molecule has 0 saturated carbocycles. The van der Waals surface area contributed by atoms with Gasteiger partial charge < -0.3 is 15.2 Å². The molecule has 1 aliphatic heterocycles. The summed E-state index contributed by atoms with van der Waals surface area (Å²) >= 11 is 0. The number of pyridine rings is 1. The first-order chi connectivity index (χ1) is 7.83. The standard InChI is InChI=1S/C12H16N2O2/c1-15-11-8-14-6-5-9(11)12(13)10-4-2-3-7-16-10/h4-6,8,12H,2-3,7,13H2,1H3. The molecule has 2 rings (SSSR count). The van der Waals surface area contributed by atoms with Crippen LogP contribution in [0.25, 0.3) is 0 Å². The van der Waals surface area contributed by atoms with Crippen LogP contribution < -0.4 is 10.5 Å². The van der Waals surface area contributed by atoms with Crippen LogP contribution in [0.3, 0.4) is 0 Å². The number of nitrogens with zero attached hydrogens (tertiary/aromatic N) is 1. The molecule has 0 aliphatic carbocycles. The van der Waals surface area contributed by atoms with Crippen LogP contribution in [0.15, 0.2) is 30.3 Å². The van der Waals surface area contributed by atoms with Crippen LogP contribution in [-0.2, 0) is 4.74 Å². The topological polar surface area (TPSA) is 57.4 Å². The number of hydrogen-bond donors (Lipinski definition) is 1. The fourth-order valence-electron chi connectivity index (χ4n) is 1.76. The van der Waals surface area contributed by atoms with Crippen LogP contribution in [0.2, 0.25) is 0 Å². The van der Waals surface area contributed by atoms with Gasteiger partial charge in [-0.3, -0.25) is 4.98 Å². The van der Waals surface area contributed by atoms with Crippen LogP contribution >= 0.6 is 0 Å². The minimum Gasteiger partial charge on any atom is -0.496 e. The molecule has 1 atom stereocenters. The highest BCUT2D eigenvalue weighted by molar-refractivity contribution is 5.36. The summed E-state index contributed by atoms with van der Waals surface area (Å²) in [6.45, 7) is 0.743. The van der Waals surface area contributed by atoms with Crippen molar-refractivity contribution in [1.29, 1.82) is 0 Å². The van der Waals surface area contributed by atoms with E-state index in [0.717, 1.165) is 30.8 Å². The predicted molar refractivity (Wildman–Crippen MR) is 61.0 cm³/mol. The van der Waals surface area contributed by atoms with Crippen molar-refractivity contribution in [2.45, 2.75) is 18.9 Å². The first kappa shape index (κ1) is 11.0. The van der Waals surface area contributed by atoms with Crippen LogP contribution in [0.4, 0.5) is 0 Å². The molecule has 0 aromatic carbocycles. The van der Waals surface area contributed by atoms with Gasteiger partial charge in [0.25, 0.3) is 0 Å². The van der Waals surface area contributed by atoms with Crippen molar-refractivity contribution in [3.05, 3.63) is 35.9 Å². The van der Waals surface area contributed by atoms with Crippen LogP contribution in [0.1, 0.15) is 24.4 Å². The van der Waals surface area contributed by atoms with Gasteiger partial charge in [-0.2, -0.15) is 0 Å². The van der Waals surface area contributed by atoms with E-state index < -0.39 is 0 Å². The van der Waals surface area contributed by atoms with Gasteiger partial charge in [0.2, 0.25) is 0 Å². The third-order valence-corrected chi connectivity index (χ3v) is 2.64. The van der Waals surface area contributed by atoms with Crippen molar-refractivity contribution < 1.29 is 9.47 Å². The minimum atomic E-state index is -0.266. The molecule has 0 radical (unpaired) electrons. The van der Waals surface area contributed by atoms with E-state index in [2.05, 4.69) is 4.98 Å². The molecule has 0 spiro atoms. The Balaban J connectivity index is 2.25. The van der Waals surface area contributed by atoms with Crippen LogP contribution in [-0.4, -0.2) is 18.7 Å². The Morgan fingerprint density at radius 2 is 2.44 bits per heavy atom. The first-order valence-corrected chi connectivity index (χ1v) is 5.39. The average molecular weight is 220 g/mol. The number of methoxy groups -OCH3 is 1. The predicted octanol–water partition coefficient (Wildman–Crippen LogP) is 1.78. The lowest BCUT2D eigenvalue weighted by Gasteiger charge is -2.22. The molecule has 4 nitrogen and oxygen atoms in total. The molecular weight excluding hydrogens is 204 g/mol. The van der Waals surface area contributed by atoms with Crippen molar-refractivity contribution in [2.75, 3.05) is 13.7 Å². The monoisotopic (exact) mass is 220 g/mol. The van der Waals surface area contributed by atoms with E-state index in [9.17, 15) is 0 Å². The molecule has 0 bridgehead atoms. The molecule has 86 valence electrons. The molecule has 0 saturated heterocycles. The van der Waals surface area contributed by atoms with Gasteiger partial charge in [-0.05, 0) is 25.0 Å². The first-order valence-electron chi connectivity index (χ1n) is 5.39. The summed E-state index contributed by atoms with van der Waals surface area (Å²) in [5, 5.41) is 0. The lowest BCUT2D eigenvalue weighted by molar-refractivity contribution is 0.175. The highest BCUT2D eigenvalue weighted by Crippen LogP contribution is 2.29. The maximum atomic E-state index is 6.15. The van der Waals surface area contributed by atoms with Gasteiger partial charge in [0, 0.05) is 11.8 Å². The van der Waals surface area contributed by atoms with Gasteiger partial charge in [0.05, 0.1) is 26.0 Å². The summed E-state index contributed by atoms with van der Waals surface area (Å²) < 4.78 is 10.8. The number of allylic oxidation sites excluding steroid dienone is 1. The highest BCUT2D eigenvalue weighted by Gasteiger charge is 2.18. The van der Waals surface area contributed by atoms with Gasteiger partial charge in [-0.25, -0.2) is 0 Å². The molecule has 2 heterocycles. The molecule has 0 fully saturated rings. The van der Waals surface area contributed by atoms with E-state index in [-0.39, 0.29) is 6.04 Å². The van der Waals surface area contributed by atoms with Crippen molar-refractivity contribution in [3.63, 3.8) is 0 Å². The molecule has 4 heteroatoms. The molecule has 1 aromatic heterocycles. The zero-order valence-electron chi connectivity index (χ0n) is 9.35. The van der Waals surface area contributed by atoms with Gasteiger partial charge in [-0.1, -0.05) is 0 Å². The summed E-state index contributed by atoms with van der Waals surface area (Å²) in [6, 6.07) is 1.60. The minimum absolute atomic E-state index is 0.266. The Morgan fingerprint density at radius 1 is 1.56 bits per heavy atom. The summed E-state index contributed by atoms with van der Waals surface area (Å²) in [5.74, 6) is 1.53. The number of rotatable bonds is 3. The summed E-state index contributed by atoms with van der Waals surface area (Å²) in [6.07, 6.45) is 7.51. The van der Waals surface area contributed by atoms with E-state index in [1.54, 1.807) is 19.5 Å². The van der Waals surface area contributed by atoms with Gasteiger partial charge in [0.15, 0.2) is 0 Å². The SMILES string of the molecule is COc1cnccc1C(N)C1=CCCCO1. The zero-order chi connectivity index (χ0) is 11.4. The molecule has 16 heavy (non-hydrogen) atoms. The molecule has 1 unspecified atom stereocenters.